The number of imide groups is 1. The molecule has 1 aliphatic heterocycles. The van der Waals surface area contributed by atoms with Crippen molar-refractivity contribution in [1.82, 2.24) is 5.32 Å². The van der Waals surface area contributed by atoms with Gasteiger partial charge in [0.25, 0.3) is 0 Å². The van der Waals surface area contributed by atoms with Gasteiger partial charge in [-0.2, -0.15) is 0 Å². The Kier molecular flexibility index (Phi) is 4.32. The summed E-state index contributed by atoms with van der Waals surface area (Å²) in [5, 5.41) is 2.56. The van der Waals surface area contributed by atoms with Gasteiger partial charge in [-0.05, 0) is 36.5 Å². The van der Waals surface area contributed by atoms with Crippen molar-refractivity contribution in [2.45, 2.75) is 65.7 Å². The first-order valence-corrected chi connectivity index (χ1v) is 7.76. The molecule has 0 bridgehead atoms. The molecule has 2 aliphatic rings. The van der Waals surface area contributed by atoms with Crippen LogP contribution in [-0.2, 0) is 9.59 Å². The second kappa shape index (κ2) is 5.64. The molecule has 1 spiro atoms. The van der Waals surface area contributed by atoms with Gasteiger partial charge in [0.05, 0.1) is 0 Å². The van der Waals surface area contributed by atoms with Gasteiger partial charge in [0.2, 0.25) is 11.8 Å². The minimum atomic E-state index is -0.0560. The van der Waals surface area contributed by atoms with Crippen LogP contribution in [0.1, 0.15) is 65.7 Å². The van der Waals surface area contributed by atoms with Crippen LogP contribution in [0.15, 0.2) is 0 Å². The van der Waals surface area contributed by atoms with Crippen LogP contribution in [0.25, 0.3) is 0 Å². The lowest BCUT2D eigenvalue weighted by atomic mass is 9.63. The number of nitrogens with one attached hydrogen (secondary N) is 1. The average molecular weight is 265 g/mol. The number of hydrogen-bond acceptors (Lipinski definition) is 2. The zero-order valence-corrected chi connectivity index (χ0v) is 12.5. The van der Waals surface area contributed by atoms with Crippen LogP contribution >= 0.6 is 0 Å². The number of carbonyl (C=O) groups excluding carboxylic acids is 2. The molecule has 108 valence electrons. The van der Waals surface area contributed by atoms with Crippen LogP contribution in [0, 0.1) is 23.2 Å². The number of rotatable bonds is 2. The van der Waals surface area contributed by atoms with Gasteiger partial charge in [0.1, 0.15) is 0 Å². The summed E-state index contributed by atoms with van der Waals surface area (Å²) in [5.74, 6) is 1.20. The highest BCUT2D eigenvalue weighted by Gasteiger charge is 2.48. The van der Waals surface area contributed by atoms with E-state index in [1.54, 1.807) is 0 Å². The van der Waals surface area contributed by atoms with Crippen LogP contribution in [0.4, 0.5) is 0 Å². The van der Waals surface area contributed by atoms with E-state index in [2.05, 4.69) is 26.1 Å². The number of amides is 2. The van der Waals surface area contributed by atoms with Gasteiger partial charge < -0.3 is 0 Å². The molecule has 0 radical (unpaired) electrons. The first kappa shape index (κ1) is 14.5. The average Bonchev–Trinajstić information content (AvgIpc) is 2.47. The lowest BCUT2D eigenvalue weighted by Crippen LogP contribution is -2.52. The molecule has 3 nitrogen and oxygen atoms in total. The van der Waals surface area contributed by atoms with Crippen LogP contribution in [0.3, 0.4) is 0 Å². The molecule has 1 N–H and O–H groups in total. The quantitative estimate of drug-likeness (QED) is 0.779. The van der Waals surface area contributed by atoms with E-state index in [0.717, 1.165) is 38.0 Å². The molecule has 0 aromatic heterocycles. The SMILES string of the molecule is CC(C)CC1C(=O)NC(=O)CC12CCCC(C)CC2. The summed E-state index contributed by atoms with van der Waals surface area (Å²) in [5.41, 5.74) is -0.0472. The van der Waals surface area contributed by atoms with E-state index in [1.165, 1.54) is 6.42 Å². The standard InChI is InChI=1S/C16H27NO2/c1-11(2)9-13-15(19)17-14(18)10-16(13)7-4-5-12(3)6-8-16/h11-13H,4-10H2,1-3H3,(H,17,18,19). The maximum atomic E-state index is 12.3. The largest absolute Gasteiger partial charge is 0.296 e. The third-order valence-corrected chi connectivity index (χ3v) is 5.04. The van der Waals surface area contributed by atoms with Crippen molar-refractivity contribution >= 4 is 11.8 Å². The summed E-state index contributed by atoms with van der Waals surface area (Å²) in [4.78, 5) is 24.1. The molecule has 3 heteroatoms. The first-order chi connectivity index (χ1) is 8.93. The summed E-state index contributed by atoms with van der Waals surface area (Å²) in [7, 11) is 0. The minimum Gasteiger partial charge on any atom is -0.296 e. The third kappa shape index (κ3) is 3.18. The molecule has 0 aromatic rings. The molecule has 2 fully saturated rings. The molecular weight excluding hydrogens is 238 g/mol. The Hall–Kier alpha value is -0.860. The van der Waals surface area contributed by atoms with Crippen LogP contribution in [-0.4, -0.2) is 11.8 Å². The fraction of sp³-hybridized carbons (Fsp3) is 0.875. The van der Waals surface area contributed by atoms with Crippen LogP contribution in [0.5, 0.6) is 0 Å². The topological polar surface area (TPSA) is 46.2 Å². The molecule has 1 saturated heterocycles. The first-order valence-electron chi connectivity index (χ1n) is 7.76. The zero-order chi connectivity index (χ0) is 14.0. The third-order valence-electron chi connectivity index (χ3n) is 5.04. The highest BCUT2D eigenvalue weighted by Crippen LogP contribution is 2.49. The molecule has 3 atom stereocenters. The highest BCUT2D eigenvalue weighted by molar-refractivity contribution is 5.99. The van der Waals surface area contributed by atoms with E-state index in [0.29, 0.717) is 12.3 Å². The Morgan fingerprint density at radius 2 is 2.00 bits per heavy atom. The van der Waals surface area contributed by atoms with Gasteiger partial charge in [-0.15, -0.1) is 0 Å². The Morgan fingerprint density at radius 1 is 1.26 bits per heavy atom. The summed E-state index contributed by atoms with van der Waals surface area (Å²) >= 11 is 0. The van der Waals surface area contributed by atoms with Gasteiger partial charge in [-0.25, -0.2) is 0 Å². The second-order valence-electron chi connectivity index (χ2n) is 7.17. The molecule has 19 heavy (non-hydrogen) atoms. The molecule has 1 heterocycles. The fourth-order valence-corrected chi connectivity index (χ4v) is 3.95. The Bertz CT molecular complexity index is 364. The lowest BCUT2D eigenvalue weighted by Gasteiger charge is -2.43. The van der Waals surface area contributed by atoms with Crippen LogP contribution in [0.2, 0.25) is 0 Å². The monoisotopic (exact) mass is 265 g/mol. The molecular formula is C16H27NO2. The predicted octanol–water partition coefficient (Wildman–Crippen LogP) is 3.28. The van der Waals surface area contributed by atoms with Gasteiger partial charge in [-0.1, -0.05) is 40.0 Å². The van der Waals surface area contributed by atoms with Crippen molar-refractivity contribution in [2.24, 2.45) is 23.2 Å². The maximum Gasteiger partial charge on any atom is 0.230 e. The van der Waals surface area contributed by atoms with Crippen molar-refractivity contribution in [3.05, 3.63) is 0 Å². The van der Waals surface area contributed by atoms with E-state index in [4.69, 9.17) is 0 Å². The normalized spacial score (nSPS) is 36.4. The van der Waals surface area contributed by atoms with Crippen LogP contribution < -0.4 is 5.32 Å². The fourth-order valence-electron chi connectivity index (χ4n) is 3.95. The predicted molar refractivity (Wildman–Crippen MR) is 75.4 cm³/mol. The van der Waals surface area contributed by atoms with Crippen molar-refractivity contribution in [3.8, 4) is 0 Å². The lowest BCUT2D eigenvalue weighted by molar-refractivity contribution is -0.145. The maximum absolute atomic E-state index is 12.3. The van der Waals surface area contributed by atoms with Crippen molar-refractivity contribution < 1.29 is 9.59 Å². The second-order valence-corrected chi connectivity index (χ2v) is 7.17. The minimum absolute atomic E-state index is 0.0143. The molecule has 1 aliphatic carbocycles. The molecule has 2 rings (SSSR count). The smallest absolute Gasteiger partial charge is 0.230 e. The summed E-state index contributed by atoms with van der Waals surface area (Å²) < 4.78 is 0. The van der Waals surface area contributed by atoms with Gasteiger partial charge in [0, 0.05) is 12.3 Å². The Labute approximate surface area is 116 Å². The number of piperidine rings is 1. The van der Waals surface area contributed by atoms with E-state index in [1.807, 2.05) is 0 Å². The van der Waals surface area contributed by atoms with Crippen molar-refractivity contribution in [1.29, 1.82) is 0 Å². The highest BCUT2D eigenvalue weighted by atomic mass is 16.2. The zero-order valence-electron chi connectivity index (χ0n) is 12.5. The number of hydrogen-bond donors (Lipinski definition) is 1. The Morgan fingerprint density at radius 3 is 2.68 bits per heavy atom. The summed E-state index contributed by atoms with van der Waals surface area (Å²) in [6.45, 7) is 6.62. The summed E-state index contributed by atoms with van der Waals surface area (Å²) in [6, 6.07) is 0. The van der Waals surface area contributed by atoms with E-state index in [-0.39, 0.29) is 23.1 Å². The van der Waals surface area contributed by atoms with Crippen molar-refractivity contribution in [2.75, 3.05) is 0 Å². The van der Waals surface area contributed by atoms with E-state index in [9.17, 15) is 9.59 Å². The molecule has 2 amide bonds. The van der Waals surface area contributed by atoms with Crippen molar-refractivity contribution in [3.63, 3.8) is 0 Å². The number of carbonyl (C=O) groups is 2. The van der Waals surface area contributed by atoms with E-state index < -0.39 is 0 Å². The molecule has 1 saturated carbocycles. The molecule has 0 aromatic carbocycles. The Balaban J connectivity index is 2.24. The van der Waals surface area contributed by atoms with E-state index >= 15 is 0 Å². The molecule has 3 unspecified atom stereocenters. The van der Waals surface area contributed by atoms with Gasteiger partial charge >= 0.3 is 0 Å². The van der Waals surface area contributed by atoms with Gasteiger partial charge in [-0.3, -0.25) is 14.9 Å². The van der Waals surface area contributed by atoms with Gasteiger partial charge in [0.15, 0.2) is 0 Å². The summed E-state index contributed by atoms with van der Waals surface area (Å²) in [6.07, 6.45) is 7.13.